The Bertz CT molecular complexity index is 1380. The fourth-order valence-corrected chi connectivity index (χ4v) is 6.59. The number of hydrogen-bond donors (Lipinski definition) is 0. The number of fused-ring (bicyclic) bond motifs is 3. The van der Waals surface area contributed by atoms with E-state index in [1.54, 1.807) is 0 Å². The molecule has 1 aliphatic carbocycles. The topological polar surface area (TPSA) is 0 Å². The molecule has 0 heterocycles. The van der Waals surface area contributed by atoms with E-state index in [-0.39, 0.29) is 35.6 Å². The Balaban J connectivity index is 0.00000180. The van der Waals surface area contributed by atoms with Crippen molar-refractivity contribution in [2.24, 2.45) is 0 Å². The number of halogens is 2. The van der Waals surface area contributed by atoms with Crippen LogP contribution in [0.3, 0.4) is 0 Å². The van der Waals surface area contributed by atoms with Gasteiger partial charge in [0.25, 0.3) is 0 Å². The average Bonchev–Trinajstić information content (AvgIpc) is 3.16. The Hall–Kier alpha value is -1.66. The molecule has 0 unspecified atom stereocenters. The molecule has 5 rings (SSSR count). The summed E-state index contributed by atoms with van der Waals surface area (Å²) in [6.45, 7) is 14.1. The van der Waals surface area contributed by atoms with E-state index in [0.717, 1.165) is 6.42 Å². The fraction of sp³-hybridized carbons (Fsp3) is 0.273. The van der Waals surface area contributed by atoms with E-state index in [2.05, 4.69) is 120 Å². The first-order chi connectivity index (χ1) is 16.1. The van der Waals surface area contributed by atoms with E-state index in [1.165, 1.54) is 83.6 Å². The summed E-state index contributed by atoms with van der Waals surface area (Å²) in [6.07, 6.45) is 1.03. The fourth-order valence-electron chi connectivity index (χ4n) is 5.35. The molecule has 0 nitrogen and oxygen atoms in total. The van der Waals surface area contributed by atoms with Crippen LogP contribution in [-0.2, 0) is 42.0 Å². The summed E-state index contributed by atoms with van der Waals surface area (Å²) in [6, 6.07) is 29.4. The smallest absolute Gasteiger partial charge is 1.00 e. The van der Waals surface area contributed by atoms with Crippen LogP contribution in [0.15, 0.2) is 78.9 Å². The van der Waals surface area contributed by atoms with Gasteiger partial charge in [0, 0.05) is 0 Å². The van der Waals surface area contributed by atoms with Crippen molar-refractivity contribution in [1.82, 2.24) is 0 Å². The van der Waals surface area contributed by atoms with Gasteiger partial charge in [0.2, 0.25) is 0 Å². The van der Waals surface area contributed by atoms with Crippen molar-refractivity contribution in [1.29, 1.82) is 0 Å². The molecule has 0 amide bonds. The van der Waals surface area contributed by atoms with Crippen LogP contribution in [0.1, 0.15) is 63.8 Å². The maximum Gasteiger partial charge on any atom is -1.00 e. The van der Waals surface area contributed by atoms with Crippen molar-refractivity contribution >= 4 is 3.27 Å². The van der Waals surface area contributed by atoms with Crippen LogP contribution >= 0.6 is 0 Å². The van der Waals surface area contributed by atoms with Gasteiger partial charge in [-0.2, -0.15) is 0 Å². The second-order valence-electron chi connectivity index (χ2n) is 11.7. The molecule has 4 aromatic carbocycles. The third kappa shape index (κ3) is 5.18. The molecule has 0 fully saturated rings. The Labute approximate surface area is 244 Å². The molecule has 1 aliphatic rings. The maximum absolute atomic E-state index is 2.52. The van der Waals surface area contributed by atoms with E-state index < -0.39 is 0 Å². The van der Waals surface area contributed by atoms with Crippen LogP contribution < -0.4 is 28.1 Å². The summed E-state index contributed by atoms with van der Waals surface area (Å²) in [5.41, 5.74) is 14.4. The largest absolute Gasteiger partial charge is 1.00 e. The Morgan fingerprint density at radius 3 is 1.61 bits per heavy atom. The van der Waals surface area contributed by atoms with Crippen LogP contribution in [0.4, 0.5) is 0 Å². The third-order valence-electron chi connectivity index (χ3n) is 7.10. The molecule has 0 aliphatic heterocycles. The van der Waals surface area contributed by atoms with Gasteiger partial charge in [-0.15, -0.1) is 0 Å². The molecule has 0 aromatic heterocycles. The van der Waals surface area contributed by atoms with E-state index in [0.29, 0.717) is 0 Å². The molecule has 0 saturated heterocycles. The van der Waals surface area contributed by atoms with Crippen molar-refractivity contribution in [3.63, 3.8) is 0 Å². The molecule has 183 valence electrons. The number of benzene rings is 4. The molecule has 3 heteroatoms. The Morgan fingerprint density at radius 2 is 1.08 bits per heavy atom. The van der Waals surface area contributed by atoms with Crippen molar-refractivity contribution in [3.8, 4) is 33.4 Å². The van der Waals surface area contributed by atoms with E-state index in [1.807, 2.05) is 0 Å². The predicted octanol–water partition coefficient (Wildman–Crippen LogP) is 2.37. The minimum Gasteiger partial charge on any atom is -1.00 e. The summed E-state index contributed by atoms with van der Waals surface area (Å²) >= 11 is 1.50. The summed E-state index contributed by atoms with van der Waals surface area (Å²) in [7, 11) is 0. The van der Waals surface area contributed by atoms with Crippen molar-refractivity contribution in [2.75, 3.05) is 0 Å². The van der Waals surface area contributed by atoms with Crippen LogP contribution in [0.5, 0.6) is 0 Å². The van der Waals surface area contributed by atoms with Crippen LogP contribution in [0.2, 0.25) is 0 Å². The first-order valence-electron chi connectivity index (χ1n) is 12.3. The van der Waals surface area contributed by atoms with Crippen molar-refractivity contribution in [2.45, 2.75) is 58.8 Å². The van der Waals surface area contributed by atoms with E-state index in [4.69, 9.17) is 0 Å². The third-order valence-corrected chi connectivity index (χ3v) is 8.46. The summed E-state index contributed by atoms with van der Waals surface area (Å²) in [4.78, 5) is 0. The van der Waals surface area contributed by atoms with Gasteiger partial charge in [-0.05, 0) is 0 Å². The first kappa shape index (κ1) is 28.9. The zero-order valence-corrected chi connectivity index (χ0v) is 25.9. The van der Waals surface area contributed by atoms with Crippen molar-refractivity contribution < 1.29 is 49.5 Å². The Kier molecular flexibility index (Phi) is 8.52. The summed E-state index contributed by atoms with van der Waals surface area (Å²) < 4.78 is 1.52. The molecule has 0 bridgehead atoms. The van der Waals surface area contributed by atoms with Gasteiger partial charge in [-0.25, -0.2) is 0 Å². The van der Waals surface area contributed by atoms with Gasteiger partial charge >= 0.3 is 221 Å². The molecule has 0 radical (unpaired) electrons. The zero-order valence-electron chi connectivity index (χ0n) is 22.0. The SMILES string of the molecule is CC(C)(C)c1cc2c(cc1-c1ccccc1)Cc1c-2cc(C(C)(C)C)c(-c2ccccc2)[c]1[Zr+2].[Cl-].[Cl-]. The van der Waals surface area contributed by atoms with Gasteiger partial charge in [0.05, 0.1) is 0 Å². The van der Waals surface area contributed by atoms with Crippen LogP contribution in [-0.4, -0.2) is 0 Å². The minimum atomic E-state index is 0. The number of hydrogen-bond acceptors (Lipinski definition) is 0. The van der Waals surface area contributed by atoms with Gasteiger partial charge < -0.3 is 24.8 Å². The van der Waals surface area contributed by atoms with E-state index in [9.17, 15) is 0 Å². The zero-order chi connectivity index (χ0) is 24.3. The molecule has 36 heavy (non-hydrogen) atoms. The second-order valence-corrected chi connectivity index (χ2v) is 12.9. The average molecular weight is 592 g/mol. The first-order valence-corrected chi connectivity index (χ1v) is 13.5. The van der Waals surface area contributed by atoms with Gasteiger partial charge in [-0.1, -0.05) is 0 Å². The molecule has 0 N–H and O–H groups in total. The van der Waals surface area contributed by atoms with Gasteiger partial charge in [-0.3, -0.25) is 0 Å². The van der Waals surface area contributed by atoms with Gasteiger partial charge in [0.15, 0.2) is 0 Å². The Morgan fingerprint density at radius 1 is 0.583 bits per heavy atom. The molecule has 0 atom stereocenters. The molecule has 4 aromatic rings. The monoisotopic (exact) mass is 589 g/mol. The quantitative estimate of drug-likeness (QED) is 0.296. The summed E-state index contributed by atoms with van der Waals surface area (Å²) in [5.74, 6) is 0. The van der Waals surface area contributed by atoms with Crippen molar-refractivity contribution in [3.05, 3.63) is 101 Å². The van der Waals surface area contributed by atoms with Gasteiger partial charge in [0.1, 0.15) is 0 Å². The normalized spacial score (nSPS) is 12.3. The standard InChI is InChI=1S/C33H33.2ClH.Zr/c1-32(2,3)30-20-26-24(18-28(30)22-13-9-7-10-14-22)17-25-19-29(23-15-11-8-12-16-23)31(21-27(25)26)33(4,5)6;;;/h7-16,18,20-21H,17H2,1-6H3;2*1H;/q;;;+2/p-2. The van der Waals surface area contributed by atoms with E-state index >= 15 is 0 Å². The minimum absolute atomic E-state index is 0. The number of rotatable bonds is 2. The molecule has 0 saturated carbocycles. The predicted molar refractivity (Wildman–Crippen MR) is 143 cm³/mol. The van der Waals surface area contributed by atoms with Crippen LogP contribution in [0.25, 0.3) is 33.4 Å². The molecular weight excluding hydrogens is 558 g/mol. The maximum atomic E-state index is 2.52. The second kappa shape index (κ2) is 10.6. The van der Waals surface area contributed by atoms with Crippen LogP contribution in [0, 0.1) is 0 Å². The summed E-state index contributed by atoms with van der Waals surface area (Å²) in [5, 5.41) is 0. The molecular formula is C33H33Cl2Zr. The molecule has 0 spiro atoms.